The fourth-order valence-corrected chi connectivity index (χ4v) is 4.25. The summed E-state index contributed by atoms with van der Waals surface area (Å²) in [5.41, 5.74) is -0.270. The maximum absolute atomic E-state index is 14.2. The molecular formula is C19H20FN3O8S. The first kappa shape index (κ1) is 23.4. The van der Waals surface area contributed by atoms with Crippen LogP contribution in [-0.4, -0.2) is 63.5 Å². The molecule has 2 N–H and O–H groups in total. The lowest BCUT2D eigenvalue weighted by Crippen LogP contribution is -2.41. The SMILES string of the molecule is O=C(COC(=O)c1ccc(F)c(S(=O)(=O)N2CCOCC2)c1)NC(=O)NCc1ccco1. The number of furan rings is 1. The van der Waals surface area contributed by atoms with E-state index in [2.05, 4.69) is 5.32 Å². The van der Waals surface area contributed by atoms with E-state index in [0.29, 0.717) is 5.76 Å². The summed E-state index contributed by atoms with van der Waals surface area (Å²) in [6, 6.07) is 5.13. The van der Waals surface area contributed by atoms with Gasteiger partial charge in [0, 0.05) is 13.1 Å². The Hall–Kier alpha value is -3.29. The zero-order valence-corrected chi connectivity index (χ0v) is 17.5. The number of benzene rings is 1. The van der Waals surface area contributed by atoms with Gasteiger partial charge < -0.3 is 19.2 Å². The van der Waals surface area contributed by atoms with Crippen LogP contribution in [0.25, 0.3) is 0 Å². The van der Waals surface area contributed by atoms with Crippen molar-refractivity contribution in [3.05, 3.63) is 53.7 Å². The molecule has 0 spiro atoms. The summed E-state index contributed by atoms with van der Waals surface area (Å²) in [4.78, 5) is 35.0. The molecule has 1 aliphatic heterocycles. The highest BCUT2D eigenvalue weighted by Gasteiger charge is 2.30. The summed E-state index contributed by atoms with van der Waals surface area (Å²) < 4.78 is 55.5. The predicted molar refractivity (Wildman–Crippen MR) is 105 cm³/mol. The molecule has 0 unspecified atom stereocenters. The largest absolute Gasteiger partial charge is 0.467 e. The Bertz CT molecular complexity index is 1080. The first-order valence-electron chi connectivity index (χ1n) is 9.42. The summed E-state index contributed by atoms with van der Waals surface area (Å²) in [6.45, 7) is -0.311. The number of esters is 1. The molecule has 1 aliphatic rings. The number of sulfonamides is 1. The number of hydrogen-bond acceptors (Lipinski definition) is 8. The van der Waals surface area contributed by atoms with Gasteiger partial charge in [-0.15, -0.1) is 0 Å². The standard InChI is InChI=1S/C19H20FN3O8S/c20-15-4-3-13(10-16(15)32(27,28)23-5-8-29-9-6-23)18(25)31-12-17(24)22-19(26)21-11-14-2-1-7-30-14/h1-4,7,10H,5-6,8-9,11-12H2,(H2,21,22,24,26). The number of rotatable bonds is 7. The van der Waals surface area contributed by atoms with Crippen molar-refractivity contribution < 1.29 is 41.1 Å². The third kappa shape index (κ3) is 5.90. The van der Waals surface area contributed by atoms with E-state index in [-0.39, 0.29) is 38.4 Å². The molecule has 3 amide bonds. The fourth-order valence-electron chi connectivity index (χ4n) is 2.76. The number of nitrogens with zero attached hydrogens (tertiary/aromatic N) is 1. The molecule has 0 radical (unpaired) electrons. The number of carbonyl (C=O) groups excluding carboxylic acids is 3. The van der Waals surface area contributed by atoms with Crippen LogP contribution in [0.15, 0.2) is 45.9 Å². The number of nitrogens with one attached hydrogen (secondary N) is 2. The average molecular weight is 469 g/mol. The number of amides is 3. The molecule has 0 saturated carbocycles. The van der Waals surface area contributed by atoms with Crippen LogP contribution in [0.2, 0.25) is 0 Å². The highest BCUT2D eigenvalue weighted by molar-refractivity contribution is 7.89. The number of imide groups is 1. The van der Waals surface area contributed by atoms with Gasteiger partial charge in [0.1, 0.15) is 16.5 Å². The molecule has 2 aromatic rings. The first-order valence-corrected chi connectivity index (χ1v) is 10.9. The van der Waals surface area contributed by atoms with Crippen LogP contribution in [0.1, 0.15) is 16.1 Å². The van der Waals surface area contributed by atoms with Crippen molar-refractivity contribution in [2.24, 2.45) is 0 Å². The molecule has 3 rings (SSSR count). The zero-order chi connectivity index (χ0) is 23.1. The second kappa shape index (κ2) is 10.3. The average Bonchev–Trinajstić information content (AvgIpc) is 3.30. The Labute approximate surface area is 182 Å². The minimum absolute atomic E-state index is 0.0435. The van der Waals surface area contributed by atoms with E-state index in [9.17, 15) is 27.2 Å². The molecule has 11 nitrogen and oxygen atoms in total. The zero-order valence-electron chi connectivity index (χ0n) is 16.7. The molecule has 0 aliphatic carbocycles. The molecule has 0 bridgehead atoms. The van der Waals surface area contributed by atoms with Gasteiger partial charge in [-0.25, -0.2) is 22.4 Å². The van der Waals surface area contributed by atoms with Gasteiger partial charge in [-0.1, -0.05) is 0 Å². The maximum atomic E-state index is 14.2. The predicted octanol–water partition coefficient (Wildman–Crippen LogP) is 0.622. The van der Waals surface area contributed by atoms with Crippen molar-refractivity contribution in [1.82, 2.24) is 14.9 Å². The first-order chi connectivity index (χ1) is 15.3. The number of carbonyl (C=O) groups is 3. The molecular weight excluding hydrogens is 449 g/mol. The number of hydrogen-bond donors (Lipinski definition) is 2. The smallest absolute Gasteiger partial charge is 0.338 e. The molecule has 1 fully saturated rings. The van der Waals surface area contributed by atoms with Crippen molar-refractivity contribution in [3.8, 4) is 0 Å². The highest BCUT2D eigenvalue weighted by atomic mass is 32.2. The van der Waals surface area contributed by atoms with Crippen LogP contribution < -0.4 is 10.6 Å². The Morgan fingerprint density at radius 3 is 2.59 bits per heavy atom. The highest BCUT2D eigenvalue weighted by Crippen LogP contribution is 2.22. The van der Waals surface area contributed by atoms with Gasteiger partial charge in [-0.3, -0.25) is 10.1 Å². The van der Waals surface area contributed by atoms with Crippen LogP contribution in [0.3, 0.4) is 0 Å². The molecule has 1 saturated heterocycles. The van der Waals surface area contributed by atoms with Crippen LogP contribution >= 0.6 is 0 Å². The third-order valence-corrected chi connectivity index (χ3v) is 6.26. The monoisotopic (exact) mass is 469 g/mol. The van der Waals surface area contributed by atoms with E-state index in [0.717, 1.165) is 22.5 Å². The Balaban J connectivity index is 1.56. The van der Waals surface area contributed by atoms with E-state index in [1.807, 2.05) is 5.32 Å². The second-order valence-corrected chi connectivity index (χ2v) is 8.45. The molecule has 172 valence electrons. The van der Waals surface area contributed by atoms with Gasteiger partial charge in [-0.05, 0) is 30.3 Å². The van der Waals surface area contributed by atoms with Gasteiger partial charge >= 0.3 is 12.0 Å². The molecule has 32 heavy (non-hydrogen) atoms. The summed E-state index contributed by atoms with van der Waals surface area (Å²) in [6.07, 6.45) is 1.42. The van der Waals surface area contributed by atoms with E-state index in [1.54, 1.807) is 12.1 Å². The van der Waals surface area contributed by atoms with Crippen molar-refractivity contribution in [2.75, 3.05) is 32.9 Å². The van der Waals surface area contributed by atoms with Crippen molar-refractivity contribution >= 4 is 27.9 Å². The Kier molecular flexibility index (Phi) is 7.56. The van der Waals surface area contributed by atoms with Crippen molar-refractivity contribution in [2.45, 2.75) is 11.4 Å². The van der Waals surface area contributed by atoms with E-state index >= 15 is 0 Å². The van der Waals surface area contributed by atoms with Gasteiger partial charge in [0.2, 0.25) is 10.0 Å². The number of urea groups is 1. The summed E-state index contributed by atoms with van der Waals surface area (Å²) in [5.74, 6) is -2.54. The molecule has 0 atom stereocenters. The second-order valence-electron chi connectivity index (χ2n) is 6.55. The quantitative estimate of drug-likeness (QED) is 0.562. The van der Waals surface area contributed by atoms with E-state index in [1.165, 1.54) is 6.26 Å². The Morgan fingerprint density at radius 1 is 1.16 bits per heavy atom. The fraction of sp³-hybridized carbons (Fsp3) is 0.316. The van der Waals surface area contributed by atoms with Gasteiger partial charge in [0.15, 0.2) is 6.61 Å². The number of morpholine rings is 1. The molecule has 1 aromatic carbocycles. The van der Waals surface area contributed by atoms with E-state index in [4.69, 9.17) is 13.9 Å². The van der Waals surface area contributed by atoms with Crippen molar-refractivity contribution in [3.63, 3.8) is 0 Å². The number of halogens is 1. The van der Waals surface area contributed by atoms with Gasteiger partial charge in [0.25, 0.3) is 5.91 Å². The third-order valence-electron chi connectivity index (χ3n) is 4.35. The van der Waals surface area contributed by atoms with Crippen LogP contribution in [0.4, 0.5) is 9.18 Å². The topological polar surface area (TPSA) is 144 Å². The van der Waals surface area contributed by atoms with Crippen LogP contribution in [-0.2, 0) is 30.8 Å². The molecule has 1 aromatic heterocycles. The van der Waals surface area contributed by atoms with Gasteiger partial charge in [-0.2, -0.15) is 4.31 Å². The normalized spacial score (nSPS) is 14.5. The van der Waals surface area contributed by atoms with Crippen molar-refractivity contribution in [1.29, 1.82) is 0 Å². The maximum Gasteiger partial charge on any atom is 0.338 e. The minimum Gasteiger partial charge on any atom is -0.467 e. The molecule has 2 heterocycles. The Morgan fingerprint density at radius 2 is 1.91 bits per heavy atom. The minimum atomic E-state index is -4.19. The summed E-state index contributed by atoms with van der Waals surface area (Å²) >= 11 is 0. The van der Waals surface area contributed by atoms with Crippen LogP contribution in [0.5, 0.6) is 0 Å². The number of ether oxygens (including phenoxy) is 2. The lowest BCUT2D eigenvalue weighted by Gasteiger charge is -2.26. The van der Waals surface area contributed by atoms with Crippen LogP contribution in [0, 0.1) is 5.82 Å². The van der Waals surface area contributed by atoms with E-state index < -0.39 is 45.3 Å². The lowest BCUT2D eigenvalue weighted by molar-refractivity contribution is -0.123. The summed E-state index contributed by atoms with van der Waals surface area (Å²) in [5, 5.41) is 4.32. The lowest BCUT2D eigenvalue weighted by atomic mass is 10.2. The van der Waals surface area contributed by atoms with Gasteiger partial charge in [0.05, 0.1) is 31.6 Å². The summed E-state index contributed by atoms with van der Waals surface area (Å²) in [7, 11) is -4.19. The molecule has 13 heteroatoms.